The highest BCUT2D eigenvalue weighted by Crippen LogP contribution is 2.36. The zero-order valence-corrected chi connectivity index (χ0v) is 31.1. The first-order chi connectivity index (χ1) is 26.2. The molecule has 0 aliphatic heterocycles. The fraction of sp³-hybridized carbons (Fsp3) is 0.350. The molecule has 0 saturated carbocycles. The summed E-state index contributed by atoms with van der Waals surface area (Å²) in [7, 11) is 2.53. The third-order valence-corrected chi connectivity index (χ3v) is 9.46. The van der Waals surface area contributed by atoms with Crippen molar-refractivity contribution in [3.8, 4) is 33.6 Å². The fourth-order valence-electron chi connectivity index (χ4n) is 6.75. The molecule has 1 aliphatic carbocycles. The van der Waals surface area contributed by atoms with E-state index in [4.69, 9.17) is 4.98 Å². The molecule has 282 valence electrons. The van der Waals surface area contributed by atoms with E-state index in [1.807, 2.05) is 13.8 Å². The van der Waals surface area contributed by atoms with Crippen LogP contribution in [0, 0.1) is 0 Å². The maximum atomic E-state index is 12.8. The van der Waals surface area contributed by atoms with Crippen molar-refractivity contribution in [2.45, 2.75) is 52.6 Å². The molecule has 0 unspecified atom stereocenters. The molecule has 0 fully saturated rings. The quantitative estimate of drug-likeness (QED) is 0.115. The van der Waals surface area contributed by atoms with Crippen LogP contribution in [0.4, 0.5) is 9.59 Å². The van der Waals surface area contributed by atoms with Gasteiger partial charge in [0.25, 0.3) is 0 Å². The number of methoxy groups -OCH3 is 2. The van der Waals surface area contributed by atoms with Crippen molar-refractivity contribution >= 4 is 34.8 Å². The normalized spacial score (nSPS) is 11.7. The molecule has 0 spiro atoms. The van der Waals surface area contributed by atoms with Gasteiger partial charge in [0.2, 0.25) is 11.8 Å². The van der Waals surface area contributed by atoms with Gasteiger partial charge in [0.05, 0.1) is 50.6 Å². The Morgan fingerprint density at radius 2 is 1.30 bits per heavy atom. The summed E-state index contributed by atoms with van der Waals surface area (Å²) < 4.78 is 9.17. The molecule has 14 nitrogen and oxygen atoms in total. The summed E-state index contributed by atoms with van der Waals surface area (Å²) in [6.07, 6.45) is 3.69. The molecule has 0 radical (unpaired) electrons. The Kier molecular flexibility index (Phi) is 11.9. The number of aromatic nitrogens is 4. The Hall–Kier alpha value is -6.18. The summed E-state index contributed by atoms with van der Waals surface area (Å²) in [6, 6.07) is 19.3. The van der Waals surface area contributed by atoms with Crippen molar-refractivity contribution in [2.24, 2.45) is 0 Å². The van der Waals surface area contributed by atoms with E-state index in [9.17, 15) is 19.2 Å². The van der Waals surface area contributed by atoms with Gasteiger partial charge in [0.1, 0.15) is 24.7 Å². The van der Waals surface area contributed by atoms with E-state index < -0.39 is 12.2 Å². The van der Waals surface area contributed by atoms with E-state index in [0.29, 0.717) is 32.0 Å². The maximum absolute atomic E-state index is 12.8. The van der Waals surface area contributed by atoms with Crippen LogP contribution < -0.4 is 10.6 Å². The van der Waals surface area contributed by atoms with Gasteiger partial charge in [-0.25, -0.2) is 19.6 Å². The first kappa shape index (κ1) is 37.6. The molecule has 4 amide bonds. The number of rotatable bonds is 14. The molecular formula is C40H46N8O6. The maximum Gasteiger partial charge on any atom is 0.407 e. The predicted molar refractivity (Wildman–Crippen MR) is 204 cm³/mol. The lowest BCUT2D eigenvalue weighted by Gasteiger charge is -2.21. The third kappa shape index (κ3) is 8.71. The van der Waals surface area contributed by atoms with Crippen molar-refractivity contribution in [1.82, 2.24) is 40.4 Å². The number of imidazole rings is 2. The number of nitrogens with zero attached hydrogens (tertiary/aromatic N) is 4. The molecule has 6 rings (SSSR count). The highest BCUT2D eigenvalue weighted by Gasteiger charge is 2.23. The van der Waals surface area contributed by atoms with Crippen molar-refractivity contribution in [1.29, 1.82) is 0 Å². The van der Waals surface area contributed by atoms with E-state index >= 15 is 0 Å². The Balaban J connectivity index is 1.14. The number of fused-ring (bicyclic) bond motifs is 4. The van der Waals surface area contributed by atoms with Crippen LogP contribution in [0.1, 0.15) is 49.6 Å². The van der Waals surface area contributed by atoms with Gasteiger partial charge in [0.15, 0.2) is 0 Å². The van der Waals surface area contributed by atoms with Crippen molar-refractivity contribution in [3.05, 3.63) is 83.7 Å². The standard InChI is InChI=1S/C40H46N8O6/c1-5-15-47(36(49)21-42-39(51)53-3)23-34-41-20-33(45-34)30-10-9-26-17-25(7-8-27(26)19-30)28-11-13-31-29(18-28)12-14-32-38(31)46-35(44-32)24-48(16-6-2)37(50)22-43-40(52)54-4/h7-11,13,17-20H,5-6,12,14-16,21-24H2,1-4H3,(H,41,45)(H,42,51)(H,43,52)(H,44,46). The lowest BCUT2D eigenvalue weighted by atomic mass is 9.89. The molecule has 5 aromatic rings. The summed E-state index contributed by atoms with van der Waals surface area (Å²) in [6.45, 7) is 5.42. The van der Waals surface area contributed by atoms with Crippen molar-refractivity contribution < 1.29 is 28.7 Å². The third-order valence-electron chi connectivity index (χ3n) is 9.46. The van der Waals surface area contributed by atoms with Crippen LogP contribution in [0.25, 0.3) is 44.4 Å². The van der Waals surface area contributed by atoms with Gasteiger partial charge in [-0.05, 0) is 65.3 Å². The first-order valence-electron chi connectivity index (χ1n) is 18.2. The number of nitrogens with one attached hydrogen (secondary N) is 4. The lowest BCUT2D eigenvalue weighted by molar-refractivity contribution is -0.131. The number of aryl methyl sites for hydroxylation is 2. The second-order valence-electron chi connectivity index (χ2n) is 13.2. The highest BCUT2D eigenvalue weighted by atomic mass is 16.5. The number of aromatic amines is 2. The molecule has 4 N–H and O–H groups in total. The lowest BCUT2D eigenvalue weighted by Crippen LogP contribution is -2.40. The number of hydrogen-bond donors (Lipinski definition) is 4. The van der Waals surface area contributed by atoms with Crippen LogP contribution in [-0.4, -0.2) is 94.1 Å². The summed E-state index contributed by atoms with van der Waals surface area (Å²) in [4.78, 5) is 68.1. The average Bonchev–Trinajstić information content (AvgIpc) is 3.85. The second-order valence-corrected chi connectivity index (χ2v) is 13.2. The van der Waals surface area contributed by atoms with Gasteiger partial charge < -0.3 is 39.9 Å². The zero-order valence-electron chi connectivity index (χ0n) is 31.1. The Bertz CT molecular complexity index is 2160. The van der Waals surface area contributed by atoms with Gasteiger partial charge in [0, 0.05) is 24.2 Å². The molecule has 3 aromatic carbocycles. The number of benzene rings is 3. The smallest absolute Gasteiger partial charge is 0.407 e. The van der Waals surface area contributed by atoms with Gasteiger partial charge in [-0.3, -0.25) is 9.59 Å². The molecule has 2 heterocycles. The minimum Gasteiger partial charge on any atom is -0.453 e. The van der Waals surface area contributed by atoms with E-state index in [-0.39, 0.29) is 24.9 Å². The monoisotopic (exact) mass is 734 g/mol. The van der Waals surface area contributed by atoms with Crippen LogP contribution in [0.15, 0.2) is 60.8 Å². The van der Waals surface area contributed by atoms with E-state index in [0.717, 1.165) is 81.6 Å². The van der Waals surface area contributed by atoms with Crippen LogP contribution in [0.3, 0.4) is 0 Å². The van der Waals surface area contributed by atoms with E-state index in [2.05, 4.69) is 89.7 Å². The van der Waals surface area contributed by atoms with Gasteiger partial charge in [-0.1, -0.05) is 56.3 Å². The van der Waals surface area contributed by atoms with Crippen LogP contribution in [0.2, 0.25) is 0 Å². The molecule has 2 aromatic heterocycles. The average molecular weight is 735 g/mol. The van der Waals surface area contributed by atoms with Gasteiger partial charge in [-0.15, -0.1) is 0 Å². The Labute approximate surface area is 313 Å². The summed E-state index contributed by atoms with van der Waals surface area (Å²) in [5.41, 5.74) is 8.42. The Morgan fingerprint density at radius 3 is 1.93 bits per heavy atom. The molecule has 1 aliphatic rings. The summed E-state index contributed by atoms with van der Waals surface area (Å²) in [5.74, 6) is 0.963. The van der Waals surface area contributed by atoms with Crippen LogP contribution in [-0.2, 0) is 45.0 Å². The fourth-order valence-corrected chi connectivity index (χ4v) is 6.75. The molecule has 0 saturated heterocycles. The number of hydrogen-bond acceptors (Lipinski definition) is 8. The minimum atomic E-state index is -0.647. The highest BCUT2D eigenvalue weighted by molar-refractivity contribution is 5.91. The number of H-pyrrole nitrogens is 2. The number of amides is 4. The first-order valence-corrected chi connectivity index (χ1v) is 18.2. The van der Waals surface area contributed by atoms with Crippen molar-refractivity contribution in [2.75, 3.05) is 40.4 Å². The molecule has 0 bridgehead atoms. The Morgan fingerprint density at radius 1 is 0.722 bits per heavy atom. The topological polar surface area (TPSA) is 175 Å². The largest absolute Gasteiger partial charge is 0.453 e. The van der Waals surface area contributed by atoms with Gasteiger partial charge in [-0.2, -0.15) is 0 Å². The van der Waals surface area contributed by atoms with E-state index in [1.165, 1.54) is 19.8 Å². The number of alkyl carbamates (subject to hydrolysis) is 2. The van der Waals surface area contributed by atoms with Crippen LogP contribution >= 0.6 is 0 Å². The van der Waals surface area contributed by atoms with Gasteiger partial charge >= 0.3 is 12.2 Å². The number of carbonyl (C=O) groups excluding carboxylic acids is 4. The van der Waals surface area contributed by atoms with E-state index in [1.54, 1.807) is 16.0 Å². The molecule has 14 heteroatoms. The number of carbonyl (C=O) groups is 4. The minimum absolute atomic E-state index is 0.136. The summed E-state index contributed by atoms with van der Waals surface area (Å²) >= 11 is 0. The number of ether oxygens (including phenoxy) is 2. The van der Waals surface area contributed by atoms with Crippen LogP contribution in [0.5, 0.6) is 0 Å². The second kappa shape index (κ2) is 17.1. The summed E-state index contributed by atoms with van der Waals surface area (Å²) in [5, 5.41) is 7.12. The molecular weight excluding hydrogens is 688 g/mol. The SMILES string of the molecule is CCCN(Cc1ncc(-c2ccc3cc(-c4ccc5c(c4)CCc4nc(CN(CCC)C(=O)CNC(=O)OC)[nH]c4-5)ccc3c2)[nH]1)C(=O)CNC(=O)OC. The zero-order chi connectivity index (χ0) is 38.2. The molecule has 0 atom stereocenters. The molecule has 54 heavy (non-hydrogen) atoms. The predicted octanol–water partition coefficient (Wildman–Crippen LogP) is 5.57. The van der Waals surface area contributed by atoms with Crippen molar-refractivity contribution in [3.63, 3.8) is 0 Å².